The molecule has 0 rings (SSSR count). The Bertz CT molecular complexity index is 105. The van der Waals surface area contributed by atoms with Gasteiger partial charge in [0.15, 0.2) is 0 Å². The van der Waals surface area contributed by atoms with E-state index in [0.29, 0.717) is 12.6 Å². The molecule has 0 amide bonds. The number of aliphatic imine (C=N–C) groups is 1. The van der Waals surface area contributed by atoms with E-state index < -0.39 is 0 Å². The van der Waals surface area contributed by atoms with Crippen LogP contribution in [0.2, 0.25) is 0 Å². The summed E-state index contributed by atoms with van der Waals surface area (Å²) in [6.07, 6.45) is 0.975. The molecule has 0 bridgehead atoms. The van der Waals surface area contributed by atoms with Gasteiger partial charge in [-0.1, -0.05) is 0 Å². The van der Waals surface area contributed by atoms with Gasteiger partial charge in [0.2, 0.25) is 0 Å². The van der Waals surface area contributed by atoms with Crippen molar-refractivity contribution in [2.24, 2.45) is 4.99 Å². The number of nitrogens with one attached hydrogen (secondary N) is 2. The molecular weight excluding hydrogens is 114 g/mol. The lowest BCUT2D eigenvalue weighted by Gasteiger charge is -2.05. The molecule has 3 nitrogen and oxygen atoms in total. The van der Waals surface area contributed by atoms with Crippen LogP contribution in [0.4, 0.5) is 0 Å². The van der Waals surface area contributed by atoms with Crippen molar-refractivity contribution in [3.8, 4) is 0 Å². The minimum atomic E-state index is 0.488. The third-order valence-electron chi connectivity index (χ3n) is 1.25. The molecule has 0 spiro atoms. The second kappa shape index (κ2) is 5.48. The zero-order chi connectivity index (χ0) is 7.11. The van der Waals surface area contributed by atoms with Gasteiger partial charge in [0.1, 0.15) is 0 Å². The summed E-state index contributed by atoms with van der Waals surface area (Å²) in [7, 11) is 1.92. The molecule has 2 N–H and O–H groups in total. The number of hydrogen-bond donors (Lipinski definition) is 2. The molecule has 3 heteroatoms. The first kappa shape index (κ1) is 8.34. The van der Waals surface area contributed by atoms with Crippen molar-refractivity contribution in [1.82, 2.24) is 5.32 Å². The number of rotatable bonds is 4. The van der Waals surface area contributed by atoms with Crippen LogP contribution in [0.15, 0.2) is 4.99 Å². The zero-order valence-electron chi connectivity index (χ0n) is 5.94. The minimum Gasteiger partial charge on any atom is -0.317 e. The Kier molecular flexibility index (Phi) is 5.07. The molecular formula is C6H13N3. The topological polar surface area (TPSA) is 48.2 Å². The van der Waals surface area contributed by atoms with Crippen LogP contribution in [-0.2, 0) is 0 Å². The van der Waals surface area contributed by atoms with Crippen molar-refractivity contribution in [2.45, 2.75) is 19.4 Å². The summed E-state index contributed by atoms with van der Waals surface area (Å²) in [5, 5.41) is 9.54. The Morgan fingerprint density at radius 1 is 1.78 bits per heavy atom. The molecule has 0 aromatic heterocycles. The Labute approximate surface area is 55.7 Å². The first-order valence-electron chi connectivity index (χ1n) is 3.06. The molecule has 0 aliphatic heterocycles. The van der Waals surface area contributed by atoms with E-state index in [-0.39, 0.29) is 0 Å². The molecule has 0 aromatic rings. The molecule has 0 aromatic carbocycles. The third-order valence-corrected chi connectivity index (χ3v) is 1.25. The average Bonchev–Trinajstić information content (AvgIpc) is 1.89. The first-order chi connectivity index (χ1) is 4.31. The SMILES string of the molecule is CNC(C)CCN=C=N. The molecule has 52 valence electrons. The molecule has 9 heavy (non-hydrogen) atoms. The summed E-state index contributed by atoms with van der Waals surface area (Å²) in [6, 6.07) is 2.48. The van der Waals surface area contributed by atoms with E-state index in [1.165, 1.54) is 0 Å². The largest absolute Gasteiger partial charge is 0.317 e. The van der Waals surface area contributed by atoms with Gasteiger partial charge in [-0.05, 0) is 20.4 Å². The Morgan fingerprint density at radius 3 is 2.89 bits per heavy atom. The van der Waals surface area contributed by atoms with Crippen LogP contribution >= 0.6 is 0 Å². The lowest BCUT2D eigenvalue weighted by molar-refractivity contribution is 0.573. The van der Waals surface area contributed by atoms with Crippen LogP contribution in [0, 0.1) is 5.41 Å². The molecule has 0 aliphatic carbocycles. The van der Waals surface area contributed by atoms with E-state index in [0.717, 1.165) is 6.42 Å². The molecule has 0 saturated heterocycles. The van der Waals surface area contributed by atoms with Crippen LogP contribution in [0.3, 0.4) is 0 Å². The van der Waals surface area contributed by atoms with E-state index in [1.807, 2.05) is 13.1 Å². The average molecular weight is 127 g/mol. The summed E-state index contributed by atoms with van der Waals surface area (Å²) >= 11 is 0. The van der Waals surface area contributed by atoms with E-state index in [9.17, 15) is 0 Å². The predicted octanol–water partition coefficient (Wildman–Crippen LogP) is 0.737. The Balaban J connectivity index is 3.16. The van der Waals surface area contributed by atoms with Gasteiger partial charge in [-0.25, -0.2) is 10.4 Å². The van der Waals surface area contributed by atoms with Crippen molar-refractivity contribution >= 4 is 6.01 Å². The minimum absolute atomic E-state index is 0.488. The van der Waals surface area contributed by atoms with Gasteiger partial charge in [-0.2, -0.15) is 0 Å². The van der Waals surface area contributed by atoms with Crippen LogP contribution in [0.5, 0.6) is 0 Å². The highest BCUT2D eigenvalue weighted by molar-refractivity contribution is 5.35. The molecule has 1 atom stereocenters. The fraction of sp³-hybridized carbons (Fsp3) is 0.833. The lowest BCUT2D eigenvalue weighted by atomic mass is 10.2. The van der Waals surface area contributed by atoms with Crippen LogP contribution in [0.1, 0.15) is 13.3 Å². The van der Waals surface area contributed by atoms with E-state index in [1.54, 1.807) is 0 Å². The highest BCUT2D eigenvalue weighted by atomic mass is 14.9. The smallest absolute Gasteiger partial charge is 0.0861 e. The second-order valence-electron chi connectivity index (χ2n) is 1.97. The zero-order valence-corrected chi connectivity index (χ0v) is 5.94. The highest BCUT2D eigenvalue weighted by Crippen LogP contribution is 1.87. The Morgan fingerprint density at radius 2 is 2.44 bits per heavy atom. The highest BCUT2D eigenvalue weighted by Gasteiger charge is 1.93. The van der Waals surface area contributed by atoms with Crippen molar-refractivity contribution in [1.29, 1.82) is 5.41 Å². The first-order valence-corrected chi connectivity index (χ1v) is 3.06. The van der Waals surface area contributed by atoms with Gasteiger partial charge in [-0.15, -0.1) is 0 Å². The maximum atomic E-state index is 6.47. The summed E-state index contributed by atoms with van der Waals surface area (Å²) in [4.78, 5) is 3.64. The summed E-state index contributed by atoms with van der Waals surface area (Å²) in [5.74, 6) is 0. The van der Waals surface area contributed by atoms with Crippen molar-refractivity contribution in [3.05, 3.63) is 0 Å². The molecule has 1 unspecified atom stereocenters. The number of nitrogens with zero attached hydrogens (tertiary/aromatic N) is 1. The van der Waals surface area contributed by atoms with Gasteiger partial charge in [0, 0.05) is 6.04 Å². The Hall–Kier alpha value is -0.660. The monoisotopic (exact) mass is 127 g/mol. The van der Waals surface area contributed by atoms with Gasteiger partial charge in [0.25, 0.3) is 0 Å². The van der Waals surface area contributed by atoms with E-state index >= 15 is 0 Å². The third kappa shape index (κ3) is 5.21. The van der Waals surface area contributed by atoms with Gasteiger partial charge >= 0.3 is 0 Å². The molecule has 0 aliphatic rings. The van der Waals surface area contributed by atoms with Crippen molar-refractivity contribution in [3.63, 3.8) is 0 Å². The van der Waals surface area contributed by atoms with Crippen LogP contribution in [-0.4, -0.2) is 25.6 Å². The van der Waals surface area contributed by atoms with Gasteiger partial charge in [0.05, 0.1) is 12.6 Å². The fourth-order valence-corrected chi connectivity index (χ4v) is 0.458. The fourth-order valence-electron chi connectivity index (χ4n) is 0.458. The van der Waals surface area contributed by atoms with Gasteiger partial charge < -0.3 is 5.32 Å². The van der Waals surface area contributed by atoms with E-state index in [4.69, 9.17) is 5.41 Å². The summed E-state index contributed by atoms with van der Waals surface area (Å²) in [6.45, 7) is 2.78. The maximum Gasteiger partial charge on any atom is 0.0861 e. The molecule has 0 heterocycles. The van der Waals surface area contributed by atoms with Crippen molar-refractivity contribution in [2.75, 3.05) is 13.6 Å². The normalized spacial score (nSPS) is 12.2. The lowest BCUT2D eigenvalue weighted by Crippen LogP contribution is -2.21. The van der Waals surface area contributed by atoms with E-state index in [2.05, 4.69) is 17.2 Å². The quantitative estimate of drug-likeness (QED) is 0.537. The maximum absolute atomic E-state index is 6.47. The predicted molar refractivity (Wildman–Crippen MR) is 38.2 cm³/mol. The summed E-state index contributed by atoms with van der Waals surface area (Å²) < 4.78 is 0. The standard InChI is InChI=1S/C6H13N3/c1-6(8-2)3-4-9-5-7/h6-8H,3-4H2,1-2H3. The van der Waals surface area contributed by atoms with Crippen LogP contribution < -0.4 is 5.32 Å². The van der Waals surface area contributed by atoms with Gasteiger partial charge in [-0.3, -0.25) is 0 Å². The summed E-state index contributed by atoms with van der Waals surface area (Å²) in [5.41, 5.74) is 0. The molecule has 0 saturated carbocycles. The van der Waals surface area contributed by atoms with Crippen LogP contribution in [0.25, 0.3) is 0 Å². The van der Waals surface area contributed by atoms with Crippen molar-refractivity contribution < 1.29 is 0 Å². The number of hydrogen-bond acceptors (Lipinski definition) is 3. The molecule has 0 fully saturated rings. The second-order valence-corrected chi connectivity index (χ2v) is 1.97. The molecule has 0 radical (unpaired) electrons.